The van der Waals surface area contributed by atoms with Crippen LogP contribution in [0.4, 0.5) is 0 Å². The van der Waals surface area contributed by atoms with Crippen LogP contribution in [0.3, 0.4) is 0 Å². The Morgan fingerprint density at radius 1 is 1.33 bits per heavy atom. The van der Waals surface area contributed by atoms with Gasteiger partial charge in [0.1, 0.15) is 6.04 Å². The zero-order valence-electron chi connectivity index (χ0n) is 8.90. The SMILES string of the molecule is CC1NC(=O)CCN(C2CC=CC2)C1=O. The molecule has 1 atom stereocenters. The largest absolute Gasteiger partial charge is 0.345 e. The molecule has 0 aromatic rings. The number of nitrogens with zero attached hydrogens (tertiary/aromatic N) is 1. The maximum Gasteiger partial charge on any atom is 0.245 e. The van der Waals surface area contributed by atoms with Gasteiger partial charge in [0, 0.05) is 19.0 Å². The molecule has 1 aliphatic carbocycles. The maximum absolute atomic E-state index is 12.0. The summed E-state index contributed by atoms with van der Waals surface area (Å²) in [6.45, 7) is 2.31. The van der Waals surface area contributed by atoms with E-state index in [1.54, 1.807) is 6.92 Å². The Labute approximate surface area is 89.3 Å². The molecule has 2 amide bonds. The molecule has 1 unspecified atom stereocenters. The van der Waals surface area contributed by atoms with Crippen LogP contribution in [0.25, 0.3) is 0 Å². The van der Waals surface area contributed by atoms with Crippen LogP contribution in [-0.4, -0.2) is 35.3 Å². The molecule has 0 aromatic carbocycles. The first kappa shape index (κ1) is 10.2. The summed E-state index contributed by atoms with van der Waals surface area (Å²) in [5.41, 5.74) is 0. The van der Waals surface area contributed by atoms with E-state index in [1.165, 1.54) is 0 Å². The van der Waals surface area contributed by atoms with E-state index in [4.69, 9.17) is 0 Å². The van der Waals surface area contributed by atoms with Crippen molar-refractivity contribution in [3.8, 4) is 0 Å². The van der Waals surface area contributed by atoms with Crippen LogP contribution in [0.2, 0.25) is 0 Å². The zero-order valence-corrected chi connectivity index (χ0v) is 8.90. The lowest BCUT2D eigenvalue weighted by atomic mass is 10.1. The fourth-order valence-electron chi connectivity index (χ4n) is 2.18. The highest BCUT2D eigenvalue weighted by Gasteiger charge is 2.31. The van der Waals surface area contributed by atoms with E-state index in [2.05, 4.69) is 17.5 Å². The molecule has 1 aliphatic heterocycles. The summed E-state index contributed by atoms with van der Waals surface area (Å²) < 4.78 is 0. The molecule has 0 saturated carbocycles. The molecule has 1 N–H and O–H groups in total. The highest BCUT2D eigenvalue weighted by atomic mass is 16.2. The van der Waals surface area contributed by atoms with Gasteiger partial charge in [-0.1, -0.05) is 12.2 Å². The number of carbonyl (C=O) groups is 2. The van der Waals surface area contributed by atoms with E-state index in [9.17, 15) is 9.59 Å². The summed E-state index contributed by atoms with van der Waals surface area (Å²) in [6.07, 6.45) is 6.47. The van der Waals surface area contributed by atoms with Crippen molar-refractivity contribution >= 4 is 11.8 Å². The second-order valence-electron chi connectivity index (χ2n) is 4.17. The lowest BCUT2D eigenvalue weighted by Crippen LogP contribution is -2.46. The second-order valence-corrected chi connectivity index (χ2v) is 4.17. The molecule has 15 heavy (non-hydrogen) atoms. The van der Waals surface area contributed by atoms with Gasteiger partial charge in [-0.05, 0) is 19.8 Å². The van der Waals surface area contributed by atoms with Gasteiger partial charge in [-0.3, -0.25) is 9.59 Å². The summed E-state index contributed by atoms with van der Waals surface area (Å²) in [7, 11) is 0. The highest BCUT2D eigenvalue weighted by Crippen LogP contribution is 2.19. The molecule has 1 saturated heterocycles. The summed E-state index contributed by atoms with van der Waals surface area (Å²) in [5.74, 6) is 0.0267. The van der Waals surface area contributed by atoms with Crippen molar-refractivity contribution in [3.05, 3.63) is 12.2 Å². The predicted molar refractivity (Wildman–Crippen MR) is 56.1 cm³/mol. The first-order chi connectivity index (χ1) is 7.18. The van der Waals surface area contributed by atoms with E-state index in [0.29, 0.717) is 13.0 Å². The quantitative estimate of drug-likeness (QED) is 0.636. The zero-order chi connectivity index (χ0) is 10.8. The van der Waals surface area contributed by atoms with Crippen molar-refractivity contribution in [3.63, 3.8) is 0 Å². The first-order valence-electron chi connectivity index (χ1n) is 5.43. The highest BCUT2D eigenvalue weighted by molar-refractivity contribution is 5.89. The van der Waals surface area contributed by atoms with E-state index in [1.807, 2.05) is 4.90 Å². The van der Waals surface area contributed by atoms with Gasteiger partial charge >= 0.3 is 0 Å². The van der Waals surface area contributed by atoms with Crippen LogP contribution in [0.5, 0.6) is 0 Å². The van der Waals surface area contributed by atoms with Crippen molar-refractivity contribution in [1.29, 1.82) is 0 Å². The lowest BCUT2D eigenvalue weighted by molar-refractivity contribution is -0.134. The summed E-state index contributed by atoms with van der Waals surface area (Å²) >= 11 is 0. The minimum atomic E-state index is -0.374. The van der Waals surface area contributed by atoms with E-state index >= 15 is 0 Å². The molecule has 82 valence electrons. The van der Waals surface area contributed by atoms with Gasteiger partial charge < -0.3 is 10.2 Å². The Hall–Kier alpha value is -1.32. The van der Waals surface area contributed by atoms with Gasteiger partial charge in [0.15, 0.2) is 0 Å². The Balaban J connectivity index is 2.09. The summed E-state index contributed by atoms with van der Waals surface area (Å²) in [6, 6.07) is -0.103. The minimum Gasteiger partial charge on any atom is -0.345 e. The van der Waals surface area contributed by atoms with Gasteiger partial charge in [-0.2, -0.15) is 0 Å². The third-order valence-electron chi connectivity index (χ3n) is 3.03. The Morgan fingerprint density at radius 2 is 2.00 bits per heavy atom. The van der Waals surface area contributed by atoms with Gasteiger partial charge in [0.2, 0.25) is 11.8 Å². The fourth-order valence-corrected chi connectivity index (χ4v) is 2.18. The number of hydrogen-bond donors (Lipinski definition) is 1. The van der Waals surface area contributed by atoms with Gasteiger partial charge in [-0.25, -0.2) is 0 Å². The number of carbonyl (C=O) groups excluding carboxylic acids is 2. The number of rotatable bonds is 1. The van der Waals surface area contributed by atoms with E-state index in [0.717, 1.165) is 12.8 Å². The standard InChI is InChI=1S/C11H16N2O2/c1-8-11(15)13(7-6-10(14)12-8)9-4-2-3-5-9/h2-3,8-9H,4-7H2,1H3,(H,12,14). The number of nitrogens with one attached hydrogen (secondary N) is 1. The van der Waals surface area contributed by atoms with Crippen molar-refractivity contribution < 1.29 is 9.59 Å². The van der Waals surface area contributed by atoms with Crippen LogP contribution >= 0.6 is 0 Å². The first-order valence-corrected chi connectivity index (χ1v) is 5.43. The van der Waals surface area contributed by atoms with Crippen molar-refractivity contribution in [1.82, 2.24) is 10.2 Å². The fraction of sp³-hybridized carbons (Fsp3) is 0.636. The van der Waals surface area contributed by atoms with Gasteiger partial charge in [0.05, 0.1) is 0 Å². The molecule has 1 fully saturated rings. The average Bonchev–Trinajstić information content (AvgIpc) is 2.67. The smallest absolute Gasteiger partial charge is 0.245 e. The van der Waals surface area contributed by atoms with Crippen molar-refractivity contribution in [2.24, 2.45) is 0 Å². The Morgan fingerprint density at radius 3 is 2.67 bits per heavy atom. The van der Waals surface area contributed by atoms with Gasteiger partial charge in [0.25, 0.3) is 0 Å². The maximum atomic E-state index is 12.0. The van der Waals surface area contributed by atoms with Gasteiger partial charge in [-0.15, -0.1) is 0 Å². The lowest BCUT2D eigenvalue weighted by Gasteiger charge is -2.28. The molecule has 4 nitrogen and oxygen atoms in total. The van der Waals surface area contributed by atoms with E-state index < -0.39 is 0 Å². The molecule has 0 aromatic heterocycles. The molecule has 2 aliphatic rings. The van der Waals surface area contributed by atoms with Crippen LogP contribution in [0.1, 0.15) is 26.2 Å². The molecule has 2 rings (SSSR count). The molecule has 1 heterocycles. The van der Waals surface area contributed by atoms with E-state index in [-0.39, 0.29) is 23.9 Å². The Kier molecular flexibility index (Phi) is 2.75. The predicted octanol–water partition coefficient (Wildman–Crippen LogP) is 0.442. The topological polar surface area (TPSA) is 49.4 Å². The third kappa shape index (κ3) is 2.03. The molecule has 0 bridgehead atoms. The molecule has 0 radical (unpaired) electrons. The molecule has 4 heteroatoms. The van der Waals surface area contributed by atoms with Crippen LogP contribution in [0.15, 0.2) is 12.2 Å². The third-order valence-corrected chi connectivity index (χ3v) is 3.03. The van der Waals surface area contributed by atoms with Crippen LogP contribution < -0.4 is 5.32 Å². The molecular weight excluding hydrogens is 192 g/mol. The summed E-state index contributed by atoms with van der Waals surface area (Å²) in [4.78, 5) is 25.1. The summed E-state index contributed by atoms with van der Waals surface area (Å²) in [5, 5.41) is 2.69. The van der Waals surface area contributed by atoms with Crippen LogP contribution in [-0.2, 0) is 9.59 Å². The minimum absolute atomic E-state index is 0.0238. The van der Waals surface area contributed by atoms with Crippen LogP contribution in [0, 0.1) is 0 Å². The van der Waals surface area contributed by atoms with Crippen molar-refractivity contribution in [2.45, 2.75) is 38.3 Å². The average molecular weight is 208 g/mol. The monoisotopic (exact) mass is 208 g/mol. The van der Waals surface area contributed by atoms with Crippen molar-refractivity contribution in [2.75, 3.05) is 6.54 Å². The molecular formula is C11H16N2O2. The molecule has 0 spiro atoms. The number of hydrogen-bond acceptors (Lipinski definition) is 2. The second kappa shape index (κ2) is 4.04. The number of amides is 2. The Bertz CT molecular complexity index is 304. The normalized spacial score (nSPS) is 28.1.